The maximum Gasteiger partial charge on any atom is 0.281 e. The second-order valence-corrected chi connectivity index (χ2v) is 7.82. The maximum atomic E-state index is 12.6. The number of carbonyl (C=O) groups is 1. The van der Waals surface area contributed by atoms with E-state index in [1.807, 2.05) is 6.07 Å². The van der Waals surface area contributed by atoms with Crippen molar-refractivity contribution < 1.29 is 23.7 Å². The number of nitrogens with zero attached hydrogens (tertiary/aromatic N) is 3. The lowest BCUT2D eigenvalue weighted by Gasteiger charge is -2.12. The molecule has 5 rings (SSSR count). The summed E-state index contributed by atoms with van der Waals surface area (Å²) < 4.78 is 22.5. The Labute approximate surface area is 195 Å². The van der Waals surface area contributed by atoms with E-state index in [4.69, 9.17) is 18.9 Å². The normalized spacial score (nSPS) is 12.9. The van der Waals surface area contributed by atoms with E-state index in [0.29, 0.717) is 52.6 Å². The minimum Gasteiger partial charge on any atom is -0.493 e. The van der Waals surface area contributed by atoms with Crippen molar-refractivity contribution >= 4 is 22.6 Å². The fourth-order valence-corrected chi connectivity index (χ4v) is 3.40. The molecule has 1 aliphatic carbocycles. The fraction of sp³-hybridized carbons (Fsp3) is 0.250. The number of amides is 1. The van der Waals surface area contributed by atoms with Gasteiger partial charge in [-0.3, -0.25) is 14.9 Å². The predicted octanol–water partition coefficient (Wildman–Crippen LogP) is 4.20. The van der Waals surface area contributed by atoms with Crippen LogP contribution in [0.5, 0.6) is 28.7 Å². The number of methoxy groups -OCH3 is 2. The molecule has 1 saturated carbocycles. The summed E-state index contributed by atoms with van der Waals surface area (Å²) in [7, 11) is 3.15. The van der Waals surface area contributed by atoms with E-state index in [1.165, 1.54) is 6.20 Å². The number of hydrogen-bond donors (Lipinski definition) is 2. The van der Waals surface area contributed by atoms with E-state index in [-0.39, 0.29) is 5.69 Å². The van der Waals surface area contributed by atoms with Crippen molar-refractivity contribution in [3.63, 3.8) is 0 Å². The minimum atomic E-state index is -0.408. The summed E-state index contributed by atoms with van der Waals surface area (Å²) in [5.41, 5.74) is 0.890. The molecule has 0 unspecified atom stereocenters. The zero-order valence-corrected chi connectivity index (χ0v) is 18.7. The molecule has 1 fully saturated rings. The molecule has 0 atom stereocenters. The highest BCUT2D eigenvalue weighted by Gasteiger charge is 2.24. The molecule has 10 heteroatoms. The van der Waals surface area contributed by atoms with Crippen LogP contribution in [0.2, 0.25) is 0 Å². The van der Waals surface area contributed by atoms with Crippen LogP contribution in [-0.2, 0) is 0 Å². The number of carbonyl (C=O) groups excluding carboxylic acids is 1. The third kappa shape index (κ3) is 4.56. The van der Waals surface area contributed by atoms with Gasteiger partial charge in [-0.05, 0) is 43.0 Å². The molecule has 2 N–H and O–H groups in total. The number of H-pyrrole nitrogens is 1. The molecule has 0 aliphatic heterocycles. The maximum absolute atomic E-state index is 12.6. The third-order valence-electron chi connectivity index (χ3n) is 5.40. The van der Waals surface area contributed by atoms with Gasteiger partial charge in [-0.25, -0.2) is 4.98 Å². The molecular weight excluding hydrogens is 438 g/mol. The van der Waals surface area contributed by atoms with Crippen LogP contribution in [0.1, 0.15) is 23.3 Å². The lowest BCUT2D eigenvalue weighted by molar-refractivity contribution is 0.101. The van der Waals surface area contributed by atoms with E-state index < -0.39 is 5.91 Å². The van der Waals surface area contributed by atoms with Crippen molar-refractivity contribution in [3.05, 3.63) is 54.6 Å². The van der Waals surface area contributed by atoms with Crippen molar-refractivity contribution in [2.45, 2.75) is 12.8 Å². The number of nitrogens with one attached hydrogen (secondary N) is 2. The third-order valence-corrected chi connectivity index (χ3v) is 5.40. The molecule has 3 aromatic heterocycles. The Morgan fingerprint density at radius 1 is 1.06 bits per heavy atom. The molecule has 4 aromatic rings. The smallest absolute Gasteiger partial charge is 0.281 e. The topological polar surface area (TPSA) is 120 Å². The molecule has 0 bridgehead atoms. The lowest BCUT2D eigenvalue weighted by atomic mass is 10.2. The van der Waals surface area contributed by atoms with Gasteiger partial charge in [0.05, 0.1) is 38.7 Å². The van der Waals surface area contributed by atoms with E-state index >= 15 is 0 Å². The Morgan fingerprint density at radius 2 is 1.88 bits per heavy atom. The second-order valence-electron chi connectivity index (χ2n) is 7.82. The summed E-state index contributed by atoms with van der Waals surface area (Å²) in [6.45, 7) is 0.590. The van der Waals surface area contributed by atoms with Gasteiger partial charge in [0.1, 0.15) is 17.3 Å². The lowest BCUT2D eigenvalue weighted by Crippen LogP contribution is -2.15. The summed E-state index contributed by atoms with van der Waals surface area (Å²) in [6.07, 6.45) is 7.07. The second kappa shape index (κ2) is 9.26. The van der Waals surface area contributed by atoms with Gasteiger partial charge in [0.2, 0.25) is 0 Å². The molecule has 10 nitrogen and oxygen atoms in total. The van der Waals surface area contributed by atoms with E-state index in [1.54, 1.807) is 50.9 Å². The zero-order valence-electron chi connectivity index (χ0n) is 18.7. The van der Waals surface area contributed by atoms with Crippen molar-refractivity contribution in [2.75, 3.05) is 26.1 Å². The first-order chi connectivity index (χ1) is 16.6. The average Bonchev–Trinajstić information content (AvgIpc) is 3.58. The number of pyridine rings is 2. The van der Waals surface area contributed by atoms with E-state index in [2.05, 4.69) is 25.5 Å². The van der Waals surface area contributed by atoms with Gasteiger partial charge in [0.15, 0.2) is 22.9 Å². The van der Waals surface area contributed by atoms with Gasteiger partial charge >= 0.3 is 0 Å². The number of aromatic nitrogens is 4. The number of ether oxygens (including phenoxy) is 4. The Balaban J connectivity index is 1.29. The van der Waals surface area contributed by atoms with Crippen LogP contribution in [0.15, 0.2) is 48.9 Å². The standard InChI is InChI=1S/C24H23N5O5/c1-31-19-9-16-17(10-20(19)32-2)25-8-7-18(16)34-15-5-6-22(26-11-15)28-24(30)23-21(12-27-29-23)33-13-14-3-4-14/h5-12,14H,3-4,13H2,1-2H3,(H,27,29)(H,26,28,30). The largest absolute Gasteiger partial charge is 0.493 e. The van der Waals surface area contributed by atoms with Gasteiger partial charge in [-0.2, -0.15) is 5.10 Å². The highest BCUT2D eigenvalue weighted by molar-refractivity contribution is 6.04. The quantitative estimate of drug-likeness (QED) is 0.380. The zero-order chi connectivity index (χ0) is 23.5. The highest BCUT2D eigenvalue weighted by atomic mass is 16.5. The number of hydrogen-bond acceptors (Lipinski definition) is 8. The first-order valence-corrected chi connectivity index (χ1v) is 10.8. The molecule has 1 aliphatic rings. The summed E-state index contributed by atoms with van der Waals surface area (Å²) in [5.74, 6) is 3.19. The van der Waals surface area contributed by atoms with Crippen LogP contribution < -0.4 is 24.3 Å². The van der Waals surface area contributed by atoms with Crippen LogP contribution in [0.25, 0.3) is 10.9 Å². The first-order valence-electron chi connectivity index (χ1n) is 10.8. The predicted molar refractivity (Wildman–Crippen MR) is 124 cm³/mol. The molecule has 174 valence electrons. The number of benzene rings is 1. The van der Waals surface area contributed by atoms with Crippen molar-refractivity contribution in [1.82, 2.24) is 20.2 Å². The minimum absolute atomic E-state index is 0.190. The van der Waals surface area contributed by atoms with Crippen molar-refractivity contribution in [3.8, 4) is 28.7 Å². The summed E-state index contributed by atoms with van der Waals surface area (Å²) in [5, 5.41) is 10.2. The van der Waals surface area contributed by atoms with Crippen molar-refractivity contribution in [1.29, 1.82) is 0 Å². The van der Waals surface area contributed by atoms with Crippen LogP contribution in [0, 0.1) is 5.92 Å². The molecule has 3 heterocycles. The Kier molecular flexibility index (Phi) is 5.86. The molecule has 34 heavy (non-hydrogen) atoms. The Bertz CT molecular complexity index is 1320. The molecule has 0 radical (unpaired) electrons. The van der Waals surface area contributed by atoms with Crippen LogP contribution in [-0.4, -0.2) is 46.9 Å². The van der Waals surface area contributed by atoms with E-state index in [0.717, 1.165) is 18.2 Å². The van der Waals surface area contributed by atoms with Gasteiger partial charge in [0.25, 0.3) is 5.91 Å². The summed E-state index contributed by atoms with van der Waals surface area (Å²) in [4.78, 5) is 21.3. The van der Waals surface area contributed by atoms with E-state index in [9.17, 15) is 4.79 Å². The Morgan fingerprint density at radius 3 is 2.62 bits per heavy atom. The summed E-state index contributed by atoms with van der Waals surface area (Å²) in [6, 6.07) is 8.72. The molecule has 0 spiro atoms. The monoisotopic (exact) mass is 461 g/mol. The van der Waals surface area contributed by atoms with Gasteiger partial charge in [-0.1, -0.05) is 0 Å². The molecular formula is C24H23N5O5. The SMILES string of the molecule is COc1cc2nccc(Oc3ccc(NC(=O)c4n[nH]cc4OCC4CC4)nc3)c2cc1OC. The first kappa shape index (κ1) is 21.5. The van der Waals surface area contributed by atoms with Crippen molar-refractivity contribution in [2.24, 2.45) is 5.92 Å². The van der Waals surface area contributed by atoms with Crippen LogP contribution in [0.3, 0.4) is 0 Å². The number of fused-ring (bicyclic) bond motifs is 1. The van der Waals surface area contributed by atoms with Gasteiger partial charge in [0, 0.05) is 17.6 Å². The van der Waals surface area contributed by atoms with Crippen LogP contribution >= 0.6 is 0 Å². The fourth-order valence-electron chi connectivity index (χ4n) is 3.40. The number of rotatable bonds is 9. The Hall–Kier alpha value is -4.34. The van der Waals surface area contributed by atoms with Gasteiger partial charge in [-0.15, -0.1) is 0 Å². The van der Waals surface area contributed by atoms with Crippen LogP contribution in [0.4, 0.5) is 5.82 Å². The van der Waals surface area contributed by atoms with Gasteiger partial charge < -0.3 is 24.3 Å². The molecule has 0 saturated heterocycles. The average molecular weight is 461 g/mol. The summed E-state index contributed by atoms with van der Waals surface area (Å²) >= 11 is 0. The number of anilines is 1. The molecule has 1 aromatic carbocycles. The highest BCUT2D eigenvalue weighted by Crippen LogP contribution is 2.37. The number of aromatic amines is 1. The molecule has 1 amide bonds.